The number of rotatable bonds is 9. The largest absolute Gasteiger partial charge is 0.507 e. The minimum Gasteiger partial charge on any atom is -0.507 e. The number of hydrogen-bond donors (Lipinski definition) is 3. The van der Waals surface area contributed by atoms with Crippen LogP contribution in [0.15, 0.2) is 36.4 Å². The second-order valence-electron chi connectivity index (χ2n) is 10.3. The lowest BCUT2D eigenvalue weighted by Gasteiger charge is -2.24. The Bertz CT molecular complexity index is 1200. The van der Waals surface area contributed by atoms with Gasteiger partial charge in [0.05, 0.1) is 17.7 Å². The molecule has 1 aliphatic carbocycles. The number of amides is 1. The highest BCUT2D eigenvalue weighted by atomic mass is 16.6. The van der Waals surface area contributed by atoms with E-state index in [0.29, 0.717) is 30.6 Å². The molecule has 0 saturated carbocycles. The number of nitrogens with one attached hydrogen (secondary N) is 2. The van der Waals surface area contributed by atoms with Gasteiger partial charge in [-0.25, -0.2) is 9.59 Å². The summed E-state index contributed by atoms with van der Waals surface area (Å²) in [7, 11) is 0. The van der Waals surface area contributed by atoms with Crippen LogP contribution in [0.5, 0.6) is 5.75 Å². The Morgan fingerprint density at radius 1 is 0.946 bits per heavy atom. The van der Waals surface area contributed by atoms with Crippen molar-refractivity contribution in [2.75, 3.05) is 18.5 Å². The lowest BCUT2D eigenvalue weighted by atomic mass is 9.82. The number of aromatic hydroxyl groups is 1. The van der Waals surface area contributed by atoms with Crippen LogP contribution in [0, 0.1) is 5.92 Å². The molecular weight excluding hydrogens is 476 g/mol. The summed E-state index contributed by atoms with van der Waals surface area (Å²) in [6.45, 7) is 9.42. The monoisotopic (exact) mass is 510 g/mol. The normalized spacial score (nSPS) is 13.5. The first-order valence-corrected chi connectivity index (χ1v) is 12.3. The molecule has 1 atom stereocenters. The number of alkyl carbamates (subject to hydrolysis) is 1. The van der Waals surface area contributed by atoms with E-state index in [9.17, 15) is 24.3 Å². The molecule has 3 rings (SSSR count). The van der Waals surface area contributed by atoms with E-state index >= 15 is 0 Å². The van der Waals surface area contributed by atoms with Crippen LogP contribution in [0.2, 0.25) is 0 Å². The molecule has 0 aromatic heterocycles. The van der Waals surface area contributed by atoms with Gasteiger partial charge in [0.25, 0.3) is 0 Å². The molecule has 0 saturated heterocycles. The second-order valence-corrected chi connectivity index (χ2v) is 10.3. The van der Waals surface area contributed by atoms with Gasteiger partial charge in [-0.1, -0.05) is 38.1 Å². The van der Waals surface area contributed by atoms with E-state index in [1.807, 2.05) is 0 Å². The van der Waals surface area contributed by atoms with Gasteiger partial charge >= 0.3 is 12.1 Å². The smallest absolute Gasteiger partial charge is 0.408 e. The average molecular weight is 511 g/mol. The summed E-state index contributed by atoms with van der Waals surface area (Å²) in [6, 6.07) is 8.68. The third-order valence-corrected chi connectivity index (χ3v) is 5.78. The molecule has 1 amide bonds. The Morgan fingerprint density at radius 2 is 1.57 bits per heavy atom. The number of esters is 1. The van der Waals surface area contributed by atoms with Crippen LogP contribution in [-0.4, -0.2) is 53.5 Å². The van der Waals surface area contributed by atoms with Gasteiger partial charge in [0.2, 0.25) is 0 Å². The molecule has 0 spiro atoms. The molecule has 0 radical (unpaired) electrons. The summed E-state index contributed by atoms with van der Waals surface area (Å²) in [5, 5.41) is 16.0. The number of ketones is 2. The van der Waals surface area contributed by atoms with Crippen molar-refractivity contribution in [2.45, 2.75) is 59.1 Å². The highest BCUT2D eigenvalue weighted by Gasteiger charge is 2.34. The Hall–Kier alpha value is -3.88. The van der Waals surface area contributed by atoms with Crippen molar-refractivity contribution in [2.24, 2.45) is 5.92 Å². The number of anilines is 1. The van der Waals surface area contributed by atoms with E-state index in [4.69, 9.17) is 9.47 Å². The van der Waals surface area contributed by atoms with Crippen LogP contribution in [0.3, 0.4) is 0 Å². The molecular formula is C28H34N2O7. The molecule has 0 aliphatic heterocycles. The first kappa shape index (κ1) is 27.7. The fourth-order valence-corrected chi connectivity index (χ4v) is 4.00. The van der Waals surface area contributed by atoms with Gasteiger partial charge in [-0.15, -0.1) is 0 Å². The van der Waals surface area contributed by atoms with Crippen molar-refractivity contribution < 1.29 is 33.8 Å². The van der Waals surface area contributed by atoms with Crippen LogP contribution >= 0.6 is 0 Å². The molecule has 198 valence electrons. The second kappa shape index (κ2) is 11.5. The summed E-state index contributed by atoms with van der Waals surface area (Å²) in [4.78, 5) is 50.6. The zero-order valence-electron chi connectivity index (χ0n) is 21.8. The number of phenolic OH excluding ortho intramolecular Hbond substituents is 1. The maximum Gasteiger partial charge on any atom is 0.408 e. The maximum absolute atomic E-state index is 13.1. The number of phenols is 1. The maximum atomic E-state index is 13.1. The average Bonchev–Trinajstić information content (AvgIpc) is 2.82. The fourth-order valence-electron chi connectivity index (χ4n) is 4.00. The predicted molar refractivity (Wildman–Crippen MR) is 138 cm³/mol. The molecule has 2 aromatic carbocycles. The van der Waals surface area contributed by atoms with E-state index in [0.717, 1.165) is 0 Å². The van der Waals surface area contributed by atoms with Crippen molar-refractivity contribution in [1.29, 1.82) is 0 Å². The first-order valence-electron chi connectivity index (χ1n) is 12.3. The number of carbonyl (C=O) groups is 4. The summed E-state index contributed by atoms with van der Waals surface area (Å²) >= 11 is 0. The molecule has 1 aliphatic rings. The first-order chi connectivity index (χ1) is 17.4. The molecule has 37 heavy (non-hydrogen) atoms. The minimum atomic E-state index is -0.831. The SMILES string of the molecule is CC(C)[C@H](NC(=O)OC(C)(C)C)C(=O)OCCCCNc1ccc(O)c2c1C(=O)c1ccccc1C2=O. The van der Waals surface area contributed by atoms with Gasteiger partial charge in [0.1, 0.15) is 17.4 Å². The summed E-state index contributed by atoms with van der Waals surface area (Å²) < 4.78 is 10.6. The van der Waals surface area contributed by atoms with Crippen LogP contribution in [0.4, 0.5) is 10.5 Å². The topological polar surface area (TPSA) is 131 Å². The van der Waals surface area contributed by atoms with Gasteiger partial charge in [0, 0.05) is 23.4 Å². The number of hydrogen-bond acceptors (Lipinski definition) is 8. The Labute approximate surface area is 216 Å². The Kier molecular flexibility index (Phi) is 8.57. The molecule has 0 fully saturated rings. The number of unbranched alkanes of at least 4 members (excludes halogenated alkanes) is 1. The summed E-state index contributed by atoms with van der Waals surface area (Å²) in [5.41, 5.74) is 0.512. The molecule has 0 unspecified atom stereocenters. The number of benzene rings is 2. The standard InChI is InChI=1S/C28H34N2O7/c1-16(2)23(30-27(35)37-28(3,4)5)26(34)36-15-9-8-14-29-19-12-13-20(31)22-21(19)24(32)17-10-6-7-11-18(17)25(22)33/h6-7,10-13,16,23,29,31H,8-9,14-15H2,1-5H3,(H,30,35)/t23-/m0/s1. The van der Waals surface area contributed by atoms with Crippen LogP contribution in [0.1, 0.15) is 79.3 Å². The van der Waals surface area contributed by atoms with Crippen LogP contribution in [-0.2, 0) is 14.3 Å². The number of ether oxygens (including phenoxy) is 2. The van der Waals surface area contributed by atoms with E-state index in [-0.39, 0.29) is 40.7 Å². The predicted octanol–water partition coefficient (Wildman–Crippen LogP) is 4.45. The van der Waals surface area contributed by atoms with Crippen molar-refractivity contribution >= 4 is 29.3 Å². The highest BCUT2D eigenvalue weighted by Crippen LogP contribution is 2.36. The van der Waals surface area contributed by atoms with E-state index in [1.54, 1.807) is 65.0 Å². The Balaban J connectivity index is 1.53. The van der Waals surface area contributed by atoms with E-state index in [1.165, 1.54) is 6.07 Å². The lowest BCUT2D eigenvalue weighted by molar-refractivity contribution is -0.147. The quantitative estimate of drug-likeness (QED) is 0.219. The molecule has 3 N–H and O–H groups in total. The van der Waals surface area contributed by atoms with Gasteiger partial charge < -0.3 is 25.2 Å². The van der Waals surface area contributed by atoms with Gasteiger partial charge in [-0.05, 0) is 51.7 Å². The van der Waals surface area contributed by atoms with Crippen molar-refractivity contribution in [1.82, 2.24) is 5.32 Å². The van der Waals surface area contributed by atoms with E-state index < -0.39 is 29.5 Å². The Morgan fingerprint density at radius 3 is 2.16 bits per heavy atom. The van der Waals surface area contributed by atoms with Gasteiger partial charge in [-0.3, -0.25) is 9.59 Å². The highest BCUT2D eigenvalue weighted by molar-refractivity contribution is 6.31. The van der Waals surface area contributed by atoms with Crippen LogP contribution < -0.4 is 10.6 Å². The van der Waals surface area contributed by atoms with Gasteiger partial charge in [0.15, 0.2) is 11.6 Å². The summed E-state index contributed by atoms with van der Waals surface area (Å²) in [5.74, 6) is -1.68. The van der Waals surface area contributed by atoms with Crippen molar-refractivity contribution in [3.63, 3.8) is 0 Å². The zero-order valence-corrected chi connectivity index (χ0v) is 21.8. The molecule has 0 bridgehead atoms. The van der Waals surface area contributed by atoms with Crippen LogP contribution in [0.25, 0.3) is 0 Å². The third-order valence-electron chi connectivity index (χ3n) is 5.78. The minimum absolute atomic E-state index is 0.000144. The zero-order chi connectivity index (χ0) is 27.3. The molecule has 9 nitrogen and oxygen atoms in total. The molecule has 2 aromatic rings. The fraction of sp³-hybridized carbons (Fsp3) is 0.429. The van der Waals surface area contributed by atoms with E-state index in [2.05, 4.69) is 10.6 Å². The molecule has 0 heterocycles. The van der Waals surface area contributed by atoms with Crippen molar-refractivity contribution in [3.8, 4) is 5.75 Å². The van der Waals surface area contributed by atoms with Gasteiger partial charge in [-0.2, -0.15) is 0 Å². The number of carbonyl (C=O) groups excluding carboxylic acids is 4. The summed E-state index contributed by atoms with van der Waals surface area (Å²) in [6.07, 6.45) is 0.458. The number of fused-ring (bicyclic) bond motifs is 2. The molecule has 9 heteroatoms. The lowest BCUT2D eigenvalue weighted by Crippen LogP contribution is -2.47. The third kappa shape index (κ3) is 6.67. The van der Waals surface area contributed by atoms with Crippen molar-refractivity contribution in [3.05, 3.63) is 58.7 Å².